The molecule has 0 amide bonds. The normalized spacial score (nSPS) is 10.9. The minimum absolute atomic E-state index is 0.000741. The number of aryl methyl sites for hydroxylation is 1. The number of rotatable bonds is 1. The van der Waals surface area contributed by atoms with Gasteiger partial charge in [0.1, 0.15) is 11.8 Å². The summed E-state index contributed by atoms with van der Waals surface area (Å²) in [5.41, 5.74) is 3.79. The molecule has 0 spiro atoms. The second kappa shape index (κ2) is 3.82. The average molecular weight is 243 g/mol. The summed E-state index contributed by atoms with van der Waals surface area (Å²) in [6.07, 6.45) is 1.52. The lowest BCUT2D eigenvalue weighted by molar-refractivity contribution is 0.605. The summed E-state index contributed by atoms with van der Waals surface area (Å²) in [5, 5.41) is 0.609. The largest absolute Gasteiger partial charge is 0.463 e. The standard InChI is InChI=1S/C13H9NO2S/c1-8-13(17-7-14-8)10-6-16-11-5-3-2-4-9(11)12(10)15/h2-7H,1H3. The van der Waals surface area contributed by atoms with Crippen LogP contribution in [0.15, 0.2) is 45.3 Å². The van der Waals surface area contributed by atoms with Crippen molar-refractivity contribution in [3.8, 4) is 10.4 Å². The van der Waals surface area contributed by atoms with Gasteiger partial charge >= 0.3 is 0 Å². The Hall–Kier alpha value is -1.94. The topological polar surface area (TPSA) is 43.1 Å². The zero-order valence-electron chi connectivity index (χ0n) is 9.14. The van der Waals surface area contributed by atoms with E-state index in [4.69, 9.17) is 4.42 Å². The van der Waals surface area contributed by atoms with Crippen molar-refractivity contribution in [1.29, 1.82) is 0 Å². The highest BCUT2D eigenvalue weighted by Crippen LogP contribution is 2.25. The lowest BCUT2D eigenvalue weighted by atomic mass is 10.1. The number of fused-ring (bicyclic) bond motifs is 1. The fourth-order valence-electron chi connectivity index (χ4n) is 1.80. The van der Waals surface area contributed by atoms with E-state index in [-0.39, 0.29) is 5.43 Å². The first-order valence-corrected chi connectivity index (χ1v) is 6.06. The van der Waals surface area contributed by atoms with Gasteiger partial charge in [0.25, 0.3) is 0 Å². The van der Waals surface area contributed by atoms with E-state index in [1.807, 2.05) is 19.1 Å². The summed E-state index contributed by atoms with van der Waals surface area (Å²) in [6.45, 7) is 1.89. The molecule has 3 nitrogen and oxygen atoms in total. The Morgan fingerprint density at radius 3 is 2.88 bits per heavy atom. The molecule has 0 aliphatic carbocycles. The Bertz CT molecular complexity index is 742. The Morgan fingerprint density at radius 2 is 2.12 bits per heavy atom. The number of nitrogens with zero attached hydrogens (tertiary/aromatic N) is 1. The molecule has 4 heteroatoms. The predicted molar refractivity (Wildman–Crippen MR) is 68.3 cm³/mol. The van der Waals surface area contributed by atoms with Crippen LogP contribution in [-0.4, -0.2) is 4.98 Å². The van der Waals surface area contributed by atoms with Gasteiger partial charge < -0.3 is 4.42 Å². The molecule has 17 heavy (non-hydrogen) atoms. The number of aromatic nitrogens is 1. The van der Waals surface area contributed by atoms with Crippen LogP contribution >= 0.6 is 11.3 Å². The number of hydrogen-bond acceptors (Lipinski definition) is 4. The van der Waals surface area contributed by atoms with Gasteiger partial charge in [-0.15, -0.1) is 11.3 Å². The van der Waals surface area contributed by atoms with Gasteiger partial charge in [0.15, 0.2) is 0 Å². The molecule has 3 rings (SSSR count). The minimum Gasteiger partial charge on any atom is -0.463 e. The molecular weight excluding hydrogens is 234 g/mol. The van der Waals surface area contributed by atoms with E-state index in [1.54, 1.807) is 17.6 Å². The lowest BCUT2D eigenvalue weighted by Gasteiger charge is -2.00. The molecule has 0 saturated carbocycles. The quantitative estimate of drug-likeness (QED) is 0.659. The lowest BCUT2D eigenvalue weighted by Crippen LogP contribution is -2.04. The first-order chi connectivity index (χ1) is 8.27. The number of thiazole rings is 1. The van der Waals surface area contributed by atoms with Gasteiger partial charge in [-0.05, 0) is 19.1 Å². The summed E-state index contributed by atoms with van der Waals surface area (Å²) in [6, 6.07) is 7.26. The first kappa shape index (κ1) is 10.2. The number of para-hydroxylation sites is 1. The Balaban J connectivity index is 2.37. The van der Waals surface area contributed by atoms with Crippen molar-refractivity contribution in [2.45, 2.75) is 6.92 Å². The molecule has 0 unspecified atom stereocenters. The second-order valence-corrected chi connectivity index (χ2v) is 4.60. The van der Waals surface area contributed by atoms with Crippen molar-refractivity contribution in [3.05, 3.63) is 52.0 Å². The molecule has 1 aromatic carbocycles. The fraction of sp³-hybridized carbons (Fsp3) is 0.0769. The van der Waals surface area contributed by atoms with Crippen LogP contribution in [0.25, 0.3) is 21.4 Å². The van der Waals surface area contributed by atoms with Gasteiger partial charge in [-0.2, -0.15) is 0 Å². The van der Waals surface area contributed by atoms with E-state index < -0.39 is 0 Å². The maximum Gasteiger partial charge on any atom is 0.201 e. The molecule has 2 heterocycles. The van der Waals surface area contributed by atoms with E-state index in [1.165, 1.54) is 17.6 Å². The maximum atomic E-state index is 12.3. The highest BCUT2D eigenvalue weighted by molar-refractivity contribution is 7.13. The van der Waals surface area contributed by atoms with Crippen LogP contribution in [0.2, 0.25) is 0 Å². The third-order valence-electron chi connectivity index (χ3n) is 2.67. The van der Waals surface area contributed by atoms with Gasteiger partial charge in [-0.1, -0.05) is 12.1 Å². The molecule has 0 radical (unpaired) electrons. The first-order valence-electron chi connectivity index (χ1n) is 5.18. The number of benzene rings is 1. The fourth-order valence-corrected chi connectivity index (χ4v) is 2.60. The smallest absolute Gasteiger partial charge is 0.201 e. The zero-order valence-corrected chi connectivity index (χ0v) is 9.95. The summed E-state index contributed by atoms with van der Waals surface area (Å²) in [7, 11) is 0. The molecular formula is C13H9NO2S. The Kier molecular flexibility index (Phi) is 2.30. The van der Waals surface area contributed by atoms with Crippen molar-refractivity contribution < 1.29 is 4.42 Å². The van der Waals surface area contributed by atoms with Gasteiger partial charge in [0.05, 0.1) is 27.0 Å². The van der Waals surface area contributed by atoms with Crippen LogP contribution < -0.4 is 5.43 Å². The van der Waals surface area contributed by atoms with E-state index in [9.17, 15) is 4.79 Å². The molecule has 3 aromatic rings. The SMILES string of the molecule is Cc1ncsc1-c1coc2ccccc2c1=O. The highest BCUT2D eigenvalue weighted by Gasteiger charge is 2.12. The molecule has 0 aliphatic rings. The summed E-state index contributed by atoms with van der Waals surface area (Å²) in [5.74, 6) is 0. The van der Waals surface area contributed by atoms with E-state index in [2.05, 4.69) is 4.98 Å². The Labute approximate surface area is 101 Å². The molecule has 0 aliphatic heterocycles. The van der Waals surface area contributed by atoms with Crippen LogP contribution in [0.5, 0.6) is 0 Å². The van der Waals surface area contributed by atoms with Gasteiger partial charge in [0, 0.05) is 0 Å². The zero-order chi connectivity index (χ0) is 11.8. The third kappa shape index (κ3) is 1.57. The van der Waals surface area contributed by atoms with E-state index in [0.29, 0.717) is 16.5 Å². The van der Waals surface area contributed by atoms with E-state index in [0.717, 1.165) is 10.6 Å². The van der Waals surface area contributed by atoms with Crippen LogP contribution in [0.4, 0.5) is 0 Å². The summed E-state index contributed by atoms with van der Waals surface area (Å²) in [4.78, 5) is 17.3. The Morgan fingerprint density at radius 1 is 1.29 bits per heavy atom. The van der Waals surface area contributed by atoms with E-state index >= 15 is 0 Å². The minimum atomic E-state index is -0.000741. The molecule has 0 N–H and O–H groups in total. The van der Waals surface area contributed by atoms with Gasteiger partial charge in [-0.3, -0.25) is 4.79 Å². The van der Waals surface area contributed by atoms with Crippen LogP contribution in [-0.2, 0) is 0 Å². The summed E-state index contributed by atoms with van der Waals surface area (Å²) >= 11 is 1.45. The molecule has 0 saturated heterocycles. The maximum absolute atomic E-state index is 12.3. The van der Waals surface area contributed by atoms with Crippen molar-refractivity contribution in [2.75, 3.05) is 0 Å². The van der Waals surface area contributed by atoms with Crippen LogP contribution in [0.3, 0.4) is 0 Å². The number of hydrogen-bond donors (Lipinski definition) is 0. The monoisotopic (exact) mass is 243 g/mol. The summed E-state index contributed by atoms with van der Waals surface area (Å²) < 4.78 is 5.48. The predicted octanol–water partition coefficient (Wildman–Crippen LogP) is 3.22. The molecule has 0 atom stereocenters. The van der Waals surface area contributed by atoms with Crippen LogP contribution in [0, 0.1) is 6.92 Å². The highest BCUT2D eigenvalue weighted by atomic mass is 32.1. The van der Waals surface area contributed by atoms with Gasteiger partial charge in [-0.25, -0.2) is 4.98 Å². The van der Waals surface area contributed by atoms with Crippen molar-refractivity contribution in [1.82, 2.24) is 4.98 Å². The average Bonchev–Trinajstić information content (AvgIpc) is 2.76. The van der Waals surface area contributed by atoms with Crippen molar-refractivity contribution in [2.24, 2.45) is 0 Å². The molecule has 2 aromatic heterocycles. The van der Waals surface area contributed by atoms with Gasteiger partial charge in [0.2, 0.25) is 5.43 Å². The molecule has 84 valence electrons. The second-order valence-electron chi connectivity index (χ2n) is 3.74. The molecule has 0 fully saturated rings. The molecule has 0 bridgehead atoms. The van der Waals surface area contributed by atoms with Crippen LogP contribution in [0.1, 0.15) is 5.69 Å². The van der Waals surface area contributed by atoms with Crippen molar-refractivity contribution >= 4 is 22.3 Å². The van der Waals surface area contributed by atoms with Crippen molar-refractivity contribution in [3.63, 3.8) is 0 Å². The third-order valence-corrected chi connectivity index (χ3v) is 3.63.